The number of halogens is 1. The van der Waals surface area contributed by atoms with Crippen molar-refractivity contribution in [3.8, 4) is 0 Å². The van der Waals surface area contributed by atoms with E-state index in [2.05, 4.69) is 21.2 Å². The Balaban J connectivity index is 1.71. The van der Waals surface area contributed by atoms with E-state index in [9.17, 15) is 19.5 Å². The smallest absolute Gasteiger partial charge is 0.327 e. The fourth-order valence-electron chi connectivity index (χ4n) is 3.11. The van der Waals surface area contributed by atoms with E-state index in [0.29, 0.717) is 0 Å². The first-order chi connectivity index (χ1) is 9.56. The zero-order chi connectivity index (χ0) is 15.7. The van der Waals surface area contributed by atoms with Crippen LogP contribution in [0, 0.1) is 5.92 Å². The molecule has 3 rings (SSSR count). The lowest BCUT2D eigenvalue weighted by Gasteiger charge is -2.43. The van der Waals surface area contributed by atoms with E-state index in [1.807, 2.05) is 20.8 Å². The number of hydrogen-bond acceptors (Lipinski definition) is 4. The molecule has 3 aliphatic rings. The second kappa shape index (κ2) is 4.38. The number of nitrogens with one attached hydrogen (secondary N) is 1. The normalized spacial score (nSPS) is 43.0. The molecule has 2 N–H and O–H groups in total. The molecule has 2 heterocycles. The molecular formula is C13H17BrN2O4S. The van der Waals surface area contributed by atoms with Crippen LogP contribution in [0.4, 0.5) is 0 Å². The monoisotopic (exact) mass is 376 g/mol. The lowest BCUT2D eigenvalue weighted by molar-refractivity contribution is -0.161. The van der Waals surface area contributed by atoms with E-state index < -0.39 is 22.8 Å². The molecule has 2 aliphatic heterocycles. The third-order valence-corrected chi connectivity index (χ3v) is 6.91. The lowest BCUT2D eigenvalue weighted by Crippen LogP contribution is -2.70. The number of alkyl halides is 1. The minimum absolute atomic E-state index is 0.117. The Morgan fingerprint density at radius 2 is 2.00 bits per heavy atom. The summed E-state index contributed by atoms with van der Waals surface area (Å²) in [5, 5.41) is 11.8. The fraction of sp³-hybridized carbons (Fsp3) is 0.769. The van der Waals surface area contributed by atoms with Crippen molar-refractivity contribution in [1.29, 1.82) is 0 Å². The van der Waals surface area contributed by atoms with Crippen LogP contribution in [0.3, 0.4) is 0 Å². The number of fused-ring (bicyclic) bond motifs is 1. The van der Waals surface area contributed by atoms with Crippen LogP contribution in [0.15, 0.2) is 0 Å². The largest absolute Gasteiger partial charge is 0.480 e. The van der Waals surface area contributed by atoms with Gasteiger partial charge in [0.05, 0.1) is 5.92 Å². The average Bonchev–Trinajstić information content (AvgIpc) is 2.90. The molecule has 1 aliphatic carbocycles. The minimum atomic E-state index is -0.997. The van der Waals surface area contributed by atoms with Crippen molar-refractivity contribution in [2.75, 3.05) is 0 Å². The van der Waals surface area contributed by atoms with Crippen LogP contribution in [-0.4, -0.2) is 54.3 Å². The molecule has 21 heavy (non-hydrogen) atoms. The maximum absolute atomic E-state index is 12.2. The second-order valence-electron chi connectivity index (χ2n) is 6.62. The number of β-lactam (4-membered cyclic amide) rings is 1. The van der Waals surface area contributed by atoms with Crippen molar-refractivity contribution in [1.82, 2.24) is 10.2 Å². The molecule has 8 heteroatoms. The van der Waals surface area contributed by atoms with E-state index in [1.165, 1.54) is 16.7 Å². The third-order valence-electron chi connectivity index (χ3n) is 4.46. The van der Waals surface area contributed by atoms with E-state index in [1.54, 1.807) is 0 Å². The summed E-state index contributed by atoms with van der Waals surface area (Å²) in [5.74, 6) is -1.54. The number of carboxylic acid groups (broad SMARTS) is 1. The molecule has 0 bridgehead atoms. The molecule has 0 spiro atoms. The first kappa shape index (κ1) is 15.1. The quantitative estimate of drug-likeness (QED) is 0.561. The highest BCUT2D eigenvalue weighted by Crippen LogP contribution is 2.53. The lowest BCUT2D eigenvalue weighted by atomic mass is 9.96. The third kappa shape index (κ3) is 2.18. The van der Waals surface area contributed by atoms with E-state index in [-0.39, 0.29) is 27.4 Å². The molecule has 0 aromatic carbocycles. The average molecular weight is 377 g/mol. The topological polar surface area (TPSA) is 86.7 Å². The molecule has 0 radical (unpaired) electrons. The molecule has 6 nitrogen and oxygen atoms in total. The maximum Gasteiger partial charge on any atom is 0.327 e. The Morgan fingerprint density at radius 3 is 2.48 bits per heavy atom. The van der Waals surface area contributed by atoms with Crippen molar-refractivity contribution >= 4 is 45.5 Å². The highest BCUT2D eigenvalue weighted by Gasteiger charge is 2.65. The first-order valence-electron chi connectivity index (χ1n) is 6.78. The van der Waals surface area contributed by atoms with Crippen molar-refractivity contribution in [2.45, 2.75) is 53.7 Å². The Bertz CT molecular complexity index is 550. The van der Waals surface area contributed by atoms with Crippen LogP contribution < -0.4 is 5.32 Å². The number of amides is 2. The molecule has 1 saturated carbocycles. The summed E-state index contributed by atoms with van der Waals surface area (Å²) in [4.78, 5) is 37.1. The van der Waals surface area contributed by atoms with Gasteiger partial charge in [0.25, 0.3) is 0 Å². The predicted molar refractivity (Wildman–Crippen MR) is 81.1 cm³/mol. The summed E-state index contributed by atoms with van der Waals surface area (Å²) in [6.45, 7) is 5.58. The SMILES string of the molecule is CC1(Br)CC1C(=O)N[C@@H]1C(=O)N2[C@@H]1SC(C)(C)[C@@H]2C(=O)O. The summed E-state index contributed by atoms with van der Waals surface area (Å²) in [6.07, 6.45) is 0.754. The summed E-state index contributed by atoms with van der Waals surface area (Å²) in [6, 6.07) is -1.44. The van der Waals surface area contributed by atoms with Gasteiger partial charge < -0.3 is 15.3 Å². The predicted octanol–water partition coefficient (Wildman–Crippen LogP) is 0.792. The summed E-state index contributed by atoms with van der Waals surface area (Å²) in [7, 11) is 0. The standard InChI is InChI=1S/C13H17BrN2O4S/c1-12(2)7(11(19)20)16-9(18)6(10(16)21-12)15-8(17)5-4-13(5,3)14/h5-7,10H,4H2,1-3H3,(H,15,17)(H,19,20)/t5?,6-,7+,10-,13?/m1/s1. The van der Waals surface area contributed by atoms with Crippen LogP contribution in [0.2, 0.25) is 0 Å². The molecule has 3 fully saturated rings. The Kier molecular flexibility index (Phi) is 3.16. The molecule has 2 amide bonds. The van der Waals surface area contributed by atoms with Crippen molar-refractivity contribution < 1.29 is 19.5 Å². The van der Waals surface area contributed by atoms with Gasteiger partial charge >= 0.3 is 5.97 Å². The Morgan fingerprint density at radius 1 is 1.43 bits per heavy atom. The molecule has 5 atom stereocenters. The van der Waals surface area contributed by atoms with Gasteiger partial charge in [-0.15, -0.1) is 11.8 Å². The highest BCUT2D eigenvalue weighted by molar-refractivity contribution is 9.10. The van der Waals surface area contributed by atoms with Crippen LogP contribution in [0.25, 0.3) is 0 Å². The van der Waals surface area contributed by atoms with Gasteiger partial charge in [-0.05, 0) is 27.2 Å². The van der Waals surface area contributed by atoms with Crippen molar-refractivity contribution in [3.63, 3.8) is 0 Å². The molecule has 2 saturated heterocycles. The molecule has 0 aromatic rings. The second-order valence-corrected chi connectivity index (χ2v) is 10.2. The van der Waals surface area contributed by atoms with Gasteiger partial charge in [-0.25, -0.2) is 4.79 Å². The van der Waals surface area contributed by atoms with Crippen molar-refractivity contribution in [2.24, 2.45) is 5.92 Å². The Labute approximate surface area is 135 Å². The minimum Gasteiger partial charge on any atom is -0.480 e. The highest BCUT2D eigenvalue weighted by atomic mass is 79.9. The fourth-order valence-corrected chi connectivity index (χ4v) is 5.26. The van der Waals surface area contributed by atoms with Crippen LogP contribution in [-0.2, 0) is 14.4 Å². The number of nitrogens with zero attached hydrogens (tertiary/aromatic N) is 1. The van der Waals surface area contributed by atoms with Crippen LogP contribution in [0.5, 0.6) is 0 Å². The number of carbonyl (C=O) groups excluding carboxylic acids is 2. The molecular weight excluding hydrogens is 360 g/mol. The number of carbonyl (C=O) groups is 3. The van der Waals surface area contributed by atoms with Gasteiger partial charge in [0.1, 0.15) is 17.5 Å². The maximum atomic E-state index is 12.2. The van der Waals surface area contributed by atoms with Gasteiger partial charge in [-0.2, -0.15) is 0 Å². The zero-order valence-corrected chi connectivity index (χ0v) is 14.3. The van der Waals surface area contributed by atoms with Gasteiger partial charge in [0.15, 0.2) is 0 Å². The van der Waals surface area contributed by atoms with E-state index in [0.717, 1.165) is 6.42 Å². The van der Waals surface area contributed by atoms with E-state index in [4.69, 9.17) is 0 Å². The molecule has 0 aromatic heterocycles. The summed E-state index contributed by atoms with van der Waals surface area (Å²) in [5.41, 5.74) is 0. The molecule has 116 valence electrons. The van der Waals surface area contributed by atoms with Crippen LogP contribution >= 0.6 is 27.7 Å². The number of rotatable bonds is 3. The summed E-state index contributed by atoms with van der Waals surface area (Å²) < 4.78 is -0.732. The van der Waals surface area contributed by atoms with Crippen molar-refractivity contribution in [3.05, 3.63) is 0 Å². The van der Waals surface area contributed by atoms with Crippen LogP contribution in [0.1, 0.15) is 27.2 Å². The van der Waals surface area contributed by atoms with Gasteiger partial charge in [-0.3, -0.25) is 9.59 Å². The number of aliphatic carboxylic acids is 1. The van der Waals surface area contributed by atoms with Gasteiger partial charge in [0, 0.05) is 9.07 Å². The van der Waals surface area contributed by atoms with Gasteiger partial charge in [-0.1, -0.05) is 15.9 Å². The number of thioether (sulfide) groups is 1. The number of carboxylic acids is 1. The molecule has 2 unspecified atom stereocenters. The first-order valence-corrected chi connectivity index (χ1v) is 8.45. The number of hydrogen-bond donors (Lipinski definition) is 2. The van der Waals surface area contributed by atoms with Gasteiger partial charge in [0.2, 0.25) is 11.8 Å². The zero-order valence-electron chi connectivity index (χ0n) is 11.9. The van der Waals surface area contributed by atoms with E-state index >= 15 is 0 Å². The summed E-state index contributed by atoms with van der Waals surface area (Å²) >= 11 is 4.90. The Hall–Kier alpha value is -0.760.